The minimum atomic E-state index is -0.693. The molecule has 0 saturated carbocycles. The average molecular weight is 362 g/mol. The second-order valence-electron chi connectivity index (χ2n) is 3.93. The Morgan fingerprint density at radius 2 is 1.95 bits per heavy atom. The van der Waals surface area contributed by atoms with E-state index in [2.05, 4.69) is 21.2 Å². The highest BCUT2D eigenvalue weighted by Gasteiger charge is 2.14. The van der Waals surface area contributed by atoms with E-state index in [9.17, 15) is 13.6 Å². The lowest BCUT2D eigenvalue weighted by molar-refractivity contribution is 0.102. The van der Waals surface area contributed by atoms with E-state index in [1.807, 2.05) is 0 Å². The third kappa shape index (κ3) is 3.08. The second kappa shape index (κ2) is 5.76. The van der Waals surface area contributed by atoms with Crippen LogP contribution in [0.4, 0.5) is 20.2 Å². The summed E-state index contributed by atoms with van der Waals surface area (Å²) in [6.07, 6.45) is 0. The fourth-order valence-corrected chi connectivity index (χ4v) is 2.41. The summed E-state index contributed by atoms with van der Waals surface area (Å²) < 4.78 is 26.7. The van der Waals surface area contributed by atoms with Gasteiger partial charge in [-0.1, -0.05) is 11.6 Å². The van der Waals surface area contributed by atoms with Crippen LogP contribution in [0.3, 0.4) is 0 Å². The first-order valence-corrected chi connectivity index (χ1v) is 6.56. The molecule has 0 radical (unpaired) electrons. The molecule has 0 unspecified atom stereocenters. The predicted molar refractivity (Wildman–Crippen MR) is 77.9 cm³/mol. The summed E-state index contributed by atoms with van der Waals surface area (Å²) in [4.78, 5) is 12.0. The van der Waals surface area contributed by atoms with E-state index in [0.29, 0.717) is 0 Å². The lowest BCUT2D eigenvalue weighted by Crippen LogP contribution is -2.13. The van der Waals surface area contributed by atoms with Crippen LogP contribution in [0.15, 0.2) is 34.8 Å². The molecule has 2 aromatic rings. The molecule has 1 amide bonds. The first-order chi connectivity index (χ1) is 9.38. The number of anilines is 2. The summed E-state index contributed by atoms with van der Waals surface area (Å²) in [6.45, 7) is 0. The smallest absolute Gasteiger partial charge is 0.255 e. The van der Waals surface area contributed by atoms with E-state index >= 15 is 0 Å². The summed E-state index contributed by atoms with van der Waals surface area (Å²) in [7, 11) is 0. The number of nitrogens with one attached hydrogen (secondary N) is 1. The largest absolute Gasteiger partial charge is 0.396 e. The maximum absolute atomic E-state index is 13.3. The van der Waals surface area contributed by atoms with Crippen LogP contribution in [0, 0.1) is 11.6 Å². The Morgan fingerprint density at radius 1 is 1.25 bits per heavy atom. The van der Waals surface area contributed by atoms with E-state index in [0.717, 1.165) is 18.2 Å². The van der Waals surface area contributed by atoms with E-state index in [-0.39, 0.29) is 26.4 Å². The van der Waals surface area contributed by atoms with Crippen molar-refractivity contribution in [3.05, 3.63) is 57.0 Å². The maximum Gasteiger partial charge on any atom is 0.255 e. The molecule has 20 heavy (non-hydrogen) atoms. The zero-order valence-electron chi connectivity index (χ0n) is 9.88. The second-order valence-corrected chi connectivity index (χ2v) is 5.20. The third-order valence-electron chi connectivity index (χ3n) is 2.51. The first-order valence-electron chi connectivity index (χ1n) is 5.39. The van der Waals surface area contributed by atoms with Crippen molar-refractivity contribution in [2.45, 2.75) is 0 Å². The van der Waals surface area contributed by atoms with Gasteiger partial charge in [-0.25, -0.2) is 8.78 Å². The number of nitrogens with two attached hydrogens (primary N) is 1. The third-order valence-corrected chi connectivity index (χ3v) is 3.43. The maximum atomic E-state index is 13.3. The molecule has 0 aromatic heterocycles. The van der Waals surface area contributed by atoms with Crippen LogP contribution in [-0.2, 0) is 0 Å². The molecular weight excluding hydrogens is 354 g/mol. The average Bonchev–Trinajstić information content (AvgIpc) is 2.36. The number of carbonyl (C=O) groups is 1. The number of hydrogen-bond donors (Lipinski definition) is 2. The highest BCUT2D eigenvalue weighted by molar-refractivity contribution is 9.10. The Hall–Kier alpha value is -1.66. The molecule has 0 aliphatic rings. The molecule has 3 N–H and O–H groups in total. The Labute approximate surface area is 126 Å². The Kier molecular flexibility index (Phi) is 4.25. The number of halogens is 4. The monoisotopic (exact) mass is 360 g/mol. The van der Waals surface area contributed by atoms with Gasteiger partial charge >= 0.3 is 0 Å². The van der Waals surface area contributed by atoms with Crippen molar-refractivity contribution >= 4 is 44.8 Å². The van der Waals surface area contributed by atoms with Gasteiger partial charge in [-0.05, 0) is 46.3 Å². The van der Waals surface area contributed by atoms with Gasteiger partial charge in [0.15, 0.2) is 0 Å². The Morgan fingerprint density at radius 3 is 2.55 bits per heavy atom. The van der Waals surface area contributed by atoms with Crippen molar-refractivity contribution in [3.8, 4) is 0 Å². The predicted octanol–water partition coefficient (Wildman–Crippen LogP) is 4.22. The van der Waals surface area contributed by atoms with Crippen LogP contribution in [0.25, 0.3) is 0 Å². The molecule has 0 saturated heterocycles. The normalized spacial score (nSPS) is 10.4. The van der Waals surface area contributed by atoms with Gasteiger partial charge < -0.3 is 11.1 Å². The molecule has 3 nitrogen and oxygen atoms in total. The SMILES string of the molecule is Nc1ccc(C(=O)Nc2c(Cl)cc(F)cc2Br)cc1F. The number of hydrogen-bond acceptors (Lipinski definition) is 2. The molecular formula is C13H8BrClF2N2O. The van der Waals surface area contributed by atoms with Crippen LogP contribution >= 0.6 is 27.5 Å². The molecule has 2 aromatic carbocycles. The standard InChI is InChI=1S/C13H8BrClF2N2O/c14-8-4-7(16)5-9(15)12(8)19-13(20)6-1-2-11(18)10(17)3-6/h1-5H,18H2,(H,19,20). The zero-order valence-corrected chi connectivity index (χ0v) is 12.2. The van der Waals surface area contributed by atoms with E-state index in [4.69, 9.17) is 17.3 Å². The van der Waals surface area contributed by atoms with Crippen molar-refractivity contribution in [2.75, 3.05) is 11.1 Å². The fourth-order valence-electron chi connectivity index (χ4n) is 1.52. The minimum Gasteiger partial charge on any atom is -0.396 e. The zero-order chi connectivity index (χ0) is 14.9. The lowest BCUT2D eigenvalue weighted by atomic mass is 10.2. The summed E-state index contributed by atoms with van der Waals surface area (Å²) in [5.74, 6) is -1.82. The van der Waals surface area contributed by atoms with Crippen molar-refractivity contribution in [3.63, 3.8) is 0 Å². The molecule has 7 heteroatoms. The van der Waals surface area contributed by atoms with Gasteiger partial charge in [0, 0.05) is 10.0 Å². The molecule has 2 rings (SSSR count). The molecule has 0 heterocycles. The Balaban J connectivity index is 2.30. The number of amides is 1. The van der Waals surface area contributed by atoms with Crippen LogP contribution in [0.2, 0.25) is 5.02 Å². The summed E-state index contributed by atoms with van der Waals surface area (Å²) in [5, 5.41) is 2.51. The van der Waals surface area contributed by atoms with Crippen LogP contribution in [0.1, 0.15) is 10.4 Å². The van der Waals surface area contributed by atoms with Crippen LogP contribution in [-0.4, -0.2) is 5.91 Å². The van der Waals surface area contributed by atoms with Crippen molar-refractivity contribution in [1.29, 1.82) is 0 Å². The molecule has 104 valence electrons. The number of rotatable bonds is 2. The van der Waals surface area contributed by atoms with Gasteiger partial charge in [-0.3, -0.25) is 4.79 Å². The number of nitrogen functional groups attached to an aromatic ring is 1. The minimum absolute atomic E-state index is 0.0288. The lowest BCUT2D eigenvalue weighted by Gasteiger charge is -2.10. The fraction of sp³-hybridized carbons (Fsp3) is 0. The molecule has 0 fully saturated rings. The molecule has 0 aliphatic carbocycles. The molecule has 0 aliphatic heterocycles. The van der Waals surface area contributed by atoms with Gasteiger partial charge in [0.2, 0.25) is 0 Å². The summed E-state index contributed by atoms with van der Waals surface area (Å²) in [5.41, 5.74) is 5.55. The quantitative estimate of drug-likeness (QED) is 0.787. The number of benzene rings is 2. The van der Waals surface area contributed by atoms with Crippen molar-refractivity contribution in [2.24, 2.45) is 0 Å². The van der Waals surface area contributed by atoms with Crippen molar-refractivity contribution < 1.29 is 13.6 Å². The highest BCUT2D eigenvalue weighted by Crippen LogP contribution is 2.32. The molecule has 0 atom stereocenters. The van der Waals surface area contributed by atoms with E-state index < -0.39 is 17.5 Å². The summed E-state index contributed by atoms with van der Waals surface area (Å²) >= 11 is 8.94. The highest BCUT2D eigenvalue weighted by atomic mass is 79.9. The van der Waals surface area contributed by atoms with E-state index in [1.165, 1.54) is 12.1 Å². The van der Waals surface area contributed by atoms with Crippen LogP contribution < -0.4 is 11.1 Å². The van der Waals surface area contributed by atoms with Crippen molar-refractivity contribution in [1.82, 2.24) is 0 Å². The van der Waals surface area contributed by atoms with E-state index in [1.54, 1.807) is 0 Å². The first kappa shape index (κ1) is 14.7. The van der Waals surface area contributed by atoms with Gasteiger partial charge in [0.1, 0.15) is 11.6 Å². The topological polar surface area (TPSA) is 55.1 Å². The van der Waals surface area contributed by atoms with Gasteiger partial charge in [-0.2, -0.15) is 0 Å². The Bertz CT molecular complexity index is 671. The molecule has 0 spiro atoms. The van der Waals surface area contributed by atoms with Crippen LogP contribution in [0.5, 0.6) is 0 Å². The van der Waals surface area contributed by atoms with Gasteiger partial charge in [-0.15, -0.1) is 0 Å². The van der Waals surface area contributed by atoms with Gasteiger partial charge in [0.05, 0.1) is 16.4 Å². The van der Waals surface area contributed by atoms with Gasteiger partial charge in [0.25, 0.3) is 5.91 Å². The molecule has 0 bridgehead atoms. The summed E-state index contributed by atoms with van der Waals surface area (Å²) in [6, 6.07) is 5.89. The number of carbonyl (C=O) groups excluding carboxylic acids is 1.